The smallest absolute Gasteiger partial charge is 0.254 e. The van der Waals surface area contributed by atoms with Gasteiger partial charge in [0.15, 0.2) is 11.5 Å². The van der Waals surface area contributed by atoms with Crippen LogP contribution in [-0.2, 0) is 9.59 Å². The number of nitrogens with zero attached hydrogens (tertiary/aromatic N) is 2. The van der Waals surface area contributed by atoms with Gasteiger partial charge in [0, 0.05) is 10.0 Å². The van der Waals surface area contributed by atoms with Crippen LogP contribution in [0.25, 0.3) is 0 Å². The number of benzene rings is 1. The maximum atomic E-state index is 12.7. The molecule has 0 spiro atoms. The van der Waals surface area contributed by atoms with E-state index in [0.717, 1.165) is 11.4 Å². The van der Waals surface area contributed by atoms with Crippen molar-refractivity contribution in [2.24, 2.45) is 28.8 Å². The molecule has 0 N–H and O–H groups in total. The summed E-state index contributed by atoms with van der Waals surface area (Å²) < 4.78 is 12.4. The van der Waals surface area contributed by atoms with E-state index >= 15 is 0 Å². The third-order valence-electron chi connectivity index (χ3n) is 5.48. The van der Waals surface area contributed by atoms with Gasteiger partial charge >= 0.3 is 0 Å². The molecule has 2 bridgehead atoms. The van der Waals surface area contributed by atoms with Crippen LogP contribution in [0.1, 0.15) is 12.0 Å². The van der Waals surface area contributed by atoms with Gasteiger partial charge in [-0.2, -0.15) is 10.1 Å². The van der Waals surface area contributed by atoms with Crippen molar-refractivity contribution in [3.8, 4) is 11.5 Å². The molecule has 1 saturated heterocycles. The summed E-state index contributed by atoms with van der Waals surface area (Å²) >= 11 is 7.00. The summed E-state index contributed by atoms with van der Waals surface area (Å²) in [6.07, 6.45) is 8.14. The molecule has 28 heavy (non-hydrogen) atoms. The molecule has 0 radical (unpaired) electrons. The molecule has 1 aromatic carbocycles. The maximum Gasteiger partial charge on any atom is 0.254 e. The number of rotatable bonds is 6. The van der Waals surface area contributed by atoms with Crippen molar-refractivity contribution in [3.63, 3.8) is 0 Å². The summed E-state index contributed by atoms with van der Waals surface area (Å²) in [7, 11) is 1.54. The minimum absolute atomic E-state index is 0.161. The Morgan fingerprint density at radius 2 is 1.86 bits per heavy atom. The number of carbonyl (C=O) groups is 2. The van der Waals surface area contributed by atoms with Crippen LogP contribution in [0.5, 0.6) is 11.5 Å². The summed E-state index contributed by atoms with van der Waals surface area (Å²) in [6.45, 7) is 3.96. The predicted molar refractivity (Wildman–Crippen MR) is 111 cm³/mol. The summed E-state index contributed by atoms with van der Waals surface area (Å²) in [5.74, 6) is 0.391. The maximum absolute atomic E-state index is 12.7. The standard InChI is InChI=1S/C20H18Br2N2O4/c1-3-6-28-18-13(27-2)8-12(16(21)17(18)22)9-23-24-19(25)14-10-4-5-11(7-10)15(14)20(24)26/h3-5,8-11,14-15H,1,6-7H2,2H3/t10-,11-,14-,15+/m0/s1. The molecule has 1 heterocycles. The molecule has 4 atom stereocenters. The number of amides is 2. The Bertz CT molecular complexity index is 897. The first-order valence-corrected chi connectivity index (χ1v) is 10.5. The second-order valence-electron chi connectivity index (χ2n) is 6.96. The van der Waals surface area contributed by atoms with E-state index in [1.165, 1.54) is 13.3 Å². The molecule has 0 unspecified atom stereocenters. The van der Waals surface area contributed by atoms with Gasteiger partial charge in [0.05, 0.1) is 29.6 Å². The number of hydrazone groups is 1. The molecule has 2 amide bonds. The Kier molecular flexibility index (Phi) is 5.18. The fourth-order valence-corrected chi connectivity index (χ4v) is 5.18. The second-order valence-corrected chi connectivity index (χ2v) is 8.54. The van der Waals surface area contributed by atoms with Crippen molar-refractivity contribution < 1.29 is 19.1 Å². The molecule has 4 rings (SSSR count). The van der Waals surface area contributed by atoms with Crippen LogP contribution >= 0.6 is 31.9 Å². The Balaban J connectivity index is 1.62. The van der Waals surface area contributed by atoms with Crippen molar-refractivity contribution in [1.29, 1.82) is 0 Å². The van der Waals surface area contributed by atoms with Crippen LogP contribution < -0.4 is 9.47 Å². The average molecular weight is 510 g/mol. The highest BCUT2D eigenvalue weighted by Gasteiger charge is 2.59. The number of ether oxygens (including phenoxy) is 2. The van der Waals surface area contributed by atoms with Gasteiger partial charge in [-0.3, -0.25) is 9.59 Å². The normalized spacial score (nSPS) is 27.8. The van der Waals surface area contributed by atoms with Gasteiger partial charge in [-0.15, -0.1) is 0 Å². The first kappa shape index (κ1) is 19.4. The molecular formula is C20H18Br2N2O4. The van der Waals surface area contributed by atoms with Crippen molar-refractivity contribution in [2.75, 3.05) is 13.7 Å². The van der Waals surface area contributed by atoms with Crippen LogP contribution in [0.15, 0.2) is 44.9 Å². The first-order chi connectivity index (χ1) is 13.5. The van der Waals surface area contributed by atoms with E-state index in [9.17, 15) is 9.59 Å². The number of imide groups is 1. The summed E-state index contributed by atoms with van der Waals surface area (Å²) in [6, 6.07) is 1.73. The summed E-state index contributed by atoms with van der Waals surface area (Å²) in [5.41, 5.74) is 0.647. The number of hydrogen-bond acceptors (Lipinski definition) is 5. The fourth-order valence-electron chi connectivity index (χ4n) is 4.25. The van der Waals surface area contributed by atoms with Gasteiger partial charge in [-0.05, 0) is 56.2 Å². The lowest BCUT2D eigenvalue weighted by atomic mass is 9.85. The average Bonchev–Trinajstić information content (AvgIpc) is 3.37. The summed E-state index contributed by atoms with van der Waals surface area (Å²) in [4.78, 5) is 25.5. The zero-order chi connectivity index (χ0) is 20.0. The Labute approximate surface area is 179 Å². The zero-order valence-electron chi connectivity index (χ0n) is 15.1. The number of methoxy groups -OCH3 is 1. The van der Waals surface area contributed by atoms with Crippen molar-refractivity contribution >= 4 is 49.9 Å². The molecule has 146 valence electrons. The first-order valence-electron chi connectivity index (χ1n) is 8.87. The second kappa shape index (κ2) is 7.48. The monoisotopic (exact) mass is 508 g/mol. The van der Waals surface area contributed by atoms with E-state index in [0.29, 0.717) is 32.6 Å². The molecule has 6 nitrogen and oxygen atoms in total. The quantitative estimate of drug-likeness (QED) is 0.331. The third kappa shape index (κ3) is 2.93. The molecule has 0 aromatic heterocycles. The van der Waals surface area contributed by atoms with Crippen LogP contribution in [0.3, 0.4) is 0 Å². The molecule has 2 fully saturated rings. The highest BCUT2D eigenvalue weighted by Crippen LogP contribution is 2.52. The number of fused-ring (bicyclic) bond motifs is 5. The van der Waals surface area contributed by atoms with Gasteiger partial charge in [0.1, 0.15) is 6.61 Å². The van der Waals surface area contributed by atoms with Crippen LogP contribution in [0.4, 0.5) is 0 Å². The molecule has 1 aliphatic heterocycles. The lowest BCUT2D eigenvalue weighted by Crippen LogP contribution is -2.28. The van der Waals surface area contributed by atoms with Crippen LogP contribution in [0, 0.1) is 23.7 Å². The van der Waals surface area contributed by atoms with Gasteiger partial charge in [-0.25, -0.2) is 0 Å². The molecular weight excluding hydrogens is 492 g/mol. The Hall–Kier alpha value is -1.93. The SMILES string of the molecule is C=CCOc1c(OC)cc(C=NN2C(=O)[C@@H]3[C@H](C2=O)[C@H]2C=C[C@H]3C2)c(Br)c1Br. The van der Waals surface area contributed by atoms with Crippen LogP contribution in [0.2, 0.25) is 0 Å². The largest absolute Gasteiger partial charge is 0.493 e. The van der Waals surface area contributed by atoms with E-state index in [4.69, 9.17) is 9.47 Å². The highest BCUT2D eigenvalue weighted by molar-refractivity contribution is 9.13. The van der Waals surface area contributed by atoms with Crippen LogP contribution in [-0.4, -0.2) is 36.8 Å². The molecule has 1 saturated carbocycles. The van der Waals surface area contributed by atoms with Gasteiger partial charge in [0.2, 0.25) is 0 Å². The lowest BCUT2D eigenvalue weighted by Gasteiger charge is -2.15. The van der Waals surface area contributed by atoms with E-state index in [-0.39, 0.29) is 35.5 Å². The number of carbonyl (C=O) groups excluding carboxylic acids is 2. The van der Waals surface area contributed by atoms with E-state index in [2.05, 4.69) is 55.7 Å². The van der Waals surface area contributed by atoms with Gasteiger partial charge in [0.25, 0.3) is 11.8 Å². The molecule has 2 aliphatic carbocycles. The summed E-state index contributed by atoms with van der Waals surface area (Å²) in [5, 5.41) is 5.25. The van der Waals surface area contributed by atoms with Gasteiger partial charge < -0.3 is 9.47 Å². The topological polar surface area (TPSA) is 68.2 Å². The van der Waals surface area contributed by atoms with Crippen molar-refractivity contribution in [3.05, 3.63) is 45.4 Å². The number of halogens is 2. The fraction of sp³-hybridized carbons (Fsp3) is 0.350. The molecule has 8 heteroatoms. The van der Waals surface area contributed by atoms with Gasteiger partial charge in [-0.1, -0.05) is 24.8 Å². The minimum atomic E-state index is -0.265. The molecule has 1 aromatic rings. The third-order valence-corrected chi connectivity index (χ3v) is 7.62. The Morgan fingerprint density at radius 3 is 2.43 bits per heavy atom. The zero-order valence-corrected chi connectivity index (χ0v) is 18.3. The highest BCUT2D eigenvalue weighted by atomic mass is 79.9. The van der Waals surface area contributed by atoms with E-state index < -0.39 is 0 Å². The number of allylic oxidation sites excluding steroid dienone is 2. The Morgan fingerprint density at radius 1 is 1.21 bits per heavy atom. The minimum Gasteiger partial charge on any atom is -0.493 e. The van der Waals surface area contributed by atoms with E-state index in [1.54, 1.807) is 12.1 Å². The van der Waals surface area contributed by atoms with Crippen molar-refractivity contribution in [2.45, 2.75) is 6.42 Å². The predicted octanol–water partition coefficient (Wildman–Crippen LogP) is 3.93. The molecule has 3 aliphatic rings. The van der Waals surface area contributed by atoms with E-state index in [1.807, 2.05) is 0 Å². The van der Waals surface area contributed by atoms with Crippen molar-refractivity contribution in [1.82, 2.24) is 5.01 Å². The lowest BCUT2D eigenvalue weighted by molar-refractivity contribution is -0.140. The number of hydrogen-bond donors (Lipinski definition) is 0.